The molecule has 0 radical (unpaired) electrons. The van der Waals surface area contributed by atoms with Gasteiger partial charge >= 0.3 is 6.03 Å². The Hall–Kier alpha value is -1.36. The van der Waals surface area contributed by atoms with E-state index < -0.39 is 0 Å². The third kappa shape index (κ3) is 3.51. The first kappa shape index (κ1) is 17.5. The highest BCUT2D eigenvalue weighted by atomic mass is 35.5. The number of hydrogen-bond acceptors (Lipinski definition) is 2. The summed E-state index contributed by atoms with van der Waals surface area (Å²) >= 11 is 14.2. The van der Waals surface area contributed by atoms with Gasteiger partial charge < -0.3 is 10.2 Å². The maximum absolute atomic E-state index is 12.8. The summed E-state index contributed by atoms with van der Waals surface area (Å²) in [5.41, 5.74) is 3.93. The molecule has 126 valence electrons. The Labute approximate surface area is 156 Å². The quantitative estimate of drug-likeness (QED) is 0.704. The SMILES string of the molecule is Cc1ccc(NC(=O)N2CCSC2c2cccc(Cl)c2Cl)c(C)c1. The lowest BCUT2D eigenvalue weighted by Gasteiger charge is -2.25. The van der Waals surface area contributed by atoms with E-state index in [-0.39, 0.29) is 11.4 Å². The summed E-state index contributed by atoms with van der Waals surface area (Å²) in [6.45, 7) is 4.70. The molecule has 0 spiro atoms. The van der Waals surface area contributed by atoms with Crippen molar-refractivity contribution in [3.63, 3.8) is 0 Å². The number of hydrogen-bond donors (Lipinski definition) is 1. The van der Waals surface area contributed by atoms with E-state index in [0.29, 0.717) is 16.6 Å². The first-order chi connectivity index (χ1) is 11.5. The normalized spacial score (nSPS) is 17.2. The van der Waals surface area contributed by atoms with Crippen molar-refractivity contribution >= 4 is 46.7 Å². The van der Waals surface area contributed by atoms with Gasteiger partial charge in [0.2, 0.25) is 0 Å². The number of urea groups is 1. The van der Waals surface area contributed by atoms with Crippen molar-refractivity contribution in [3.8, 4) is 0 Å². The molecular weight excluding hydrogens is 363 g/mol. The second-order valence-electron chi connectivity index (χ2n) is 5.81. The van der Waals surface area contributed by atoms with Crippen LogP contribution in [0.5, 0.6) is 0 Å². The Balaban J connectivity index is 1.82. The molecule has 2 aromatic rings. The van der Waals surface area contributed by atoms with Gasteiger partial charge in [0, 0.05) is 23.5 Å². The highest BCUT2D eigenvalue weighted by Gasteiger charge is 2.32. The summed E-state index contributed by atoms with van der Waals surface area (Å²) in [6.07, 6.45) is 0. The van der Waals surface area contributed by atoms with Crippen molar-refractivity contribution in [1.29, 1.82) is 0 Å². The zero-order chi connectivity index (χ0) is 17.3. The summed E-state index contributed by atoms with van der Waals surface area (Å²) in [4.78, 5) is 14.6. The van der Waals surface area contributed by atoms with Crippen LogP contribution in [0.4, 0.5) is 10.5 Å². The van der Waals surface area contributed by atoms with Gasteiger partial charge in [-0.05, 0) is 31.5 Å². The van der Waals surface area contributed by atoms with Crippen LogP contribution < -0.4 is 5.32 Å². The van der Waals surface area contributed by atoms with Crippen molar-refractivity contribution in [1.82, 2.24) is 4.90 Å². The molecule has 3 nitrogen and oxygen atoms in total. The summed E-state index contributed by atoms with van der Waals surface area (Å²) in [5.74, 6) is 0.869. The largest absolute Gasteiger partial charge is 0.323 e. The Bertz CT molecular complexity index is 782. The Morgan fingerprint density at radius 3 is 2.79 bits per heavy atom. The predicted molar refractivity (Wildman–Crippen MR) is 103 cm³/mol. The average Bonchev–Trinajstić information content (AvgIpc) is 3.02. The lowest BCUT2D eigenvalue weighted by atomic mass is 10.1. The number of nitrogens with zero attached hydrogens (tertiary/aromatic N) is 1. The van der Waals surface area contributed by atoms with Crippen LogP contribution in [0, 0.1) is 13.8 Å². The Kier molecular flexibility index (Phi) is 5.28. The second-order valence-corrected chi connectivity index (χ2v) is 7.78. The van der Waals surface area contributed by atoms with E-state index in [0.717, 1.165) is 22.6 Å². The molecule has 1 atom stereocenters. The molecule has 0 bridgehead atoms. The number of halogens is 2. The third-order valence-corrected chi connectivity index (χ3v) is 6.10. The summed E-state index contributed by atoms with van der Waals surface area (Å²) in [5, 5.41) is 3.91. The number of rotatable bonds is 2. The highest BCUT2D eigenvalue weighted by molar-refractivity contribution is 7.99. The van der Waals surface area contributed by atoms with Crippen molar-refractivity contribution < 1.29 is 4.79 Å². The second kappa shape index (κ2) is 7.26. The molecule has 1 unspecified atom stereocenters. The standard InChI is InChI=1S/C18H18Cl2N2OS/c1-11-6-7-15(12(2)10-11)21-18(23)22-8-9-24-17(22)13-4-3-5-14(19)16(13)20/h3-7,10,17H,8-9H2,1-2H3,(H,21,23). The minimum absolute atomic E-state index is 0.118. The van der Waals surface area contributed by atoms with Gasteiger partial charge in [0.1, 0.15) is 5.37 Å². The molecule has 24 heavy (non-hydrogen) atoms. The maximum atomic E-state index is 12.8. The molecule has 0 aromatic heterocycles. The number of carbonyl (C=O) groups excluding carboxylic acids is 1. The van der Waals surface area contributed by atoms with Crippen molar-refractivity contribution in [3.05, 3.63) is 63.1 Å². The molecule has 1 aliphatic rings. The van der Waals surface area contributed by atoms with Crippen LogP contribution in [0.1, 0.15) is 22.1 Å². The molecule has 2 aromatic carbocycles. The summed E-state index contributed by atoms with van der Waals surface area (Å²) in [6, 6.07) is 11.4. The zero-order valence-corrected chi connectivity index (χ0v) is 15.8. The molecule has 0 saturated carbocycles. The number of amides is 2. The Morgan fingerprint density at radius 1 is 1.25 bits per heavy atom. The van der Waals surface area contributed by atoms with Gasteiger partial charge in [-0.25, -0.2) is 4.79 Å². The van der Waals surface area contributed by atoms with Crippen LogP contribution in [0.2, 0.25) is 10.0 Å². The smallest absolute Gasteiger partial charge is 0.308 e. The van der Waals surface area contributed by atoms with Crippen LogP contribution in [0.3, 0.4) is 0 Å². The topological polar surface area (TPSA) is 32.3 Å². The van der Waals surface area contributed by atoms with E-state index in [1.54, 1.807) is 17.8 Å². The number of carbonyl (C=O) groups is 1. The van der Waals surface area contributed by atoms with Crippen molar-refractivity contribution in [2.75, 3.05) is 17.6 Å². The predicted octanol–water partition coefficient (Wildman–Crippen LogP) is 5.89. The van der Waals surface area contributed by atoms with Crippen molar-refractivity contribution in [2.45, 2.75) is 19.2 Å². The van der Waals surface area contributed by atoms with Crippen molar-refractivity contribution in [2.24, 2.45) is 0 Å². The van der Waals surface area contributed by atoms with E-state index >= 15 is 0 Å². The maximum Gasteiger partial charge on any atom is 0.323 e. The fraction of sp³-hybridized carbons (Fsp3) is 0.278. The minimum Gasteiger partial charge on any atom is -0.308 e. The lowest BCUT2D eigenvalue weighted by Crippen LogP contribution is -2.34. The molecule has 1 N–H and O–H groups in total. The minimum atomic E-state index is -0.123. The van der Waals surface area contributed by atoms with E-state index in [4.69, 9.17) is 23.2 Å². The number of thioether (sulfide) groups is 1. The van der Waals surface area contributed by atoms with Gasteiger partial charge in [0.25, 0.3) is 0 Å². The fourth-order valence-electron chi connectivity index (χ4n) is 2.79. The van der Waals surface area contributed by atoms with Gasteiger partial charge in [-0.3, -0.25) is 0 Å². The lowest BCUT2D eigenvalue weighted by molar-refractivity contribution is 0.214. The number of aryl methyl sites for hydroxylation is 2. The molecule has 1 saturated heterocycles. The fourth-order valence-corrected chi connectivity index (χ4v) is 4.55. The molecule has 1 aliphatic heterocycles. The van der Waals surface area contributed by atoms with E-state index in [9.17, 15) is 4.79 Å². The molecule has 3 rings (SSSR count). The molecule has 1 heterocycles. The van der Waals surface area contributed by atoms with Crippen LogP contribution in [0.25, 0.3) is 0 Å². The van der Waals surface area contributed by atoms with Crippen LogP contribution in [0.15, 0.2) is 36.4 Å². The van der Waals surface area contributed by atoms with Gasteiger partial charge in [-0.15, -0.1) is 11.8 Å². The first-order valence-corrected chi connectivity index (χ1v) is 9.48. The summed E-state index contributed by atoms with van der Waals surface area (Å²) in [7, 11) is 0. The van der Waals surface area contributed by atoms with Gasteiger partial charge in [0.15, 0.2) is 0 Å². The third-order valence-electron chi connectivity index (χ3n) is 4.02. The van der Waals surface area contributed by atoms with Gasteiger partial charge in [-0.1, -0.05) is 53.0 Å². The molecular formula is C18H18Cl2N2OS. The van der Waals surface area contributed by atoms with E-state index in [1.165, 1.54) is 5.56 Å². The van der Waals surface area contributed by atoms with Crippen LogP contribution in [-0.4, -0.2) is 23.2 Å². The zero-order valence-electron chi connectivity index (χ0n) is 13.5. The number of anilines is 1. The highest BCUT2D eigenvalue weighted by Crippen LogP contribution is 2.42. The average molecular weight is 381 g/mol. The van der Waals surface area contributed by atoms with E-state index in [2.05, 4.69) is 11.4 Å². The Morgan fingerprint density at radius 2 is 2.04 bits per heavy atom. The number of nitrogens with one attached hydrogen (secondary N) is 1. The monoisotopic (exact) mass is 380 g/mol. The van der Waals surface area contributed by atoms with Gasteiger partial charge in [0.05, 0.1) is 10.0 Å². The van der Waals surface area contributed by atoms with Crippen LogP contribution in [-0.2, 0) is 0 Å². The molecule has 6 heteroatoms. The van der Waals surface area contributed by atoms with Crippen LogP contribution >= 0.6 is 35.0 Å². The van der Waals surface area contributed by atoms with Gasteiger partial charge in [-0.2, -0.15) is 0 Å². The molecule has 0 aliphatic carbocycles. The molecule has 2 amide bonds. The molecule has 1 fully saturated rings. The summed E-state index contributed by atoms with van der Waals surface area (Å²) < 4.78 is 0. The number of benzene rings is 2. The first-order valence-electron chi connectivity index (χ1n) is 7.68. The van der Waals surface area contributed by atoms with E-state index in [1.807, 2.05) is 43.0 Å².